The van der Waals surface area contributed by atoms with Crippen molar-refractivity contribution in [3.05, 3.63) is 23.7 Å². The lowest BCUT2D eigenvalue weighted by atomic mass is 9.88. The Morgan fingerprint density at radius 2 is 2.14 bits per heavy atom. The van der Waals surface area contributed by atoms with E-state index in [2.05, 4.69) is 36.8 Å². The molecular formula is C17H31N3O. The van der Waals surface area contributed by atoms with E-state index < -0.39 is 0 Å². The van der Waals surface area contributed by atoms with Gasteiger partial charge in [0, 0.05) is 36.8 Å². The summed E-state index contributed by atoms with van der Waals surface area (Å²) < 4.78 is 5.43. The molecule has 4 nitrogen and oxygen atoms in total. The standard InChI is InChI=1S/C17H31N3O/c1-14(2)20-9-5-7-17(13-18,8-10-20)19(4)12-16-6-11-21-15(16)3/h6,11,14H,5,7-10,12-13,18H2,1-4H3. The Morgan fingerprint density at radius 3 is 2.71 bits per heavy atom. The predicted molar refractivity (Wildman–Crippen MR) is 87.3 cm³/mol. The van der Waals surface area contributed by atoms with Crippen molar-refractivity contribution in [1.29, 1.82) is 0 Å². The molecule has 2 N–H and O–H groups in total. The molecule has 0 spiro atoms. The van der Waals surface area contributed by atoms with Gasteiger partial charge in [0.25, 0.3) is 0 Å². The third-order valence-electron chi connectivity index (χ3n) is 5.25. The van der Waals surface area contributed by atoms with Crippen LogP contribution in [0.3, 0.4) is 0 Å². The molecular weight excluding hydrogens is 262 g/mol. The zero-order valence-corrected chi connectivity index (χ0v) is 14.1. The van der Waals surface area contributed by atoms with E-state index in [1.165, 1.54) is 24.9 Å². The highest BCUT2D eigenvalue weighted by Gasteiger charge is 2.35. The average Bonchev–Trinajstić information content (AvgIpc) is 2.74. The number of hydrogen-bond donors (Lipinski definition) is 1. The molecule has 0 bridgehead atoms. The summed E-state index contributed by atoms with van der Waals surface area (Å²) in [5.74, 6) is 1.02. The van der Waals surface area contributed by atoms with Crippen LogP contribution < -0.4 is 5.73 Å². The highest BCUT2D eigenvalue weighted by molar-refractivity contribution is 5.16. The fraction of sp³-hybridized carbons (Fsp3) is 0.765. The van der Waals surface area contributed by atoms with Crippen LogP contribution in [-0.4, -0.2) is 48.1 Å². The summed E-state index contributed by atoms with van der Waals surface area (Å²) in [6.07, 6.45) is 5.33. The Labute approximate surface area is 129 Å². The Balaban J connectivity index is 2.08. The minimum absolute atomic E-state index is 0.118. The Morgan fingerprint density at radius 1 is 1.38 bits per heavy atom. The van der Waals surface area contributed by atoms with Gasteiger partial charge >= 0.3 is 0 Å². The molecule has 0 amide bonds. The number of furan rings is 1. The molecule has 1 aliphatic rings. The lowest BCUT2D eigenvalue weighted by molar-refractivity contribution is 0.0969. The largest absolute Gasteiger partial charge is 0.469 e. The Kier molecular flexibility index (Phi) is 5.47. The second-order valence-corrected chi connectivity index (χ2v) is 6.77. The first-order valence-electron chi connectivity index (χ1n) is 8.17. The van der Waals surface area contributed by atoms with Gasteiger partial charge in [-0.3, -0.25) is 4.90 Å². The van der Waals surface area contributed by atoms with E-state index >= 15 is 0 Å². The summed E-state index contributed by atoms with van der Waals surface area (Å²) >= 11 is 0. The normalized spacial score (nSPS) is 24.7. The van der Waals surface area contributed by atoms with Crippen molar-refractivity contribution < 1.29 is 4.42 Å². The molecule has 4 heteroatoms. The molecule has 2 heterocycles. The van der Waals surface area contributed by atoms with Crippen LogP contribution >= 0.6 is 0 Å². The third kappa shape index (κ3) is 3.68. The van der Waals surface area contributed by atoms with Crippen molar-refractivity contribution in [3.8, 4) is 0 Å². The summed E-state index contributed by atoms with van der Waals surface area (Å²) in [6.45, 7) is 10.6. The van der Waals surface area contributed by atoms with Crippen LogP contribution in [-0.2, 0) is 6.54 Å². The zero-order chi connectivity index (χ0) is 15.5. The molecule has 0 radical (unpaired) electrons. The van der Waals surface area contributed by atoms with Crippen molar-refractivity contribution in [2.75, 3.05) is 26.7 Å². The molecule has 2 rings (SSSR count). The molecule has 1 saturated heterocycles. The summed E-state index contributed by atoms with van der Waals surface area (Å²) in [5.41, 5.74) is 7.61. The molecule has 21 heavy (non-hydrogen) atoms. The monoisotopic (exact) mass is 293 g/mol. The molecule has 1 aromatic heterocycles. The molecule has 0 aliphatic carbocycles. The first-order valence-corrected chi connectivity index (χ1v) is 8.17. The van der Waals surface area contributed by atoms with Crippen LogP contribution in [0.5, 0.6) is 0 Å². The summed E-state index contributed by atoms with van der Waals surface area (Å²) in [4.78, 5) is 5.03. The average molecular weight is 293 g/mol. The van der Waals surface area contributed by atoms with Crippen LogP contribution in [0.4, 0.5) is 0 Å². The van der Waals surface area contributed by atoms with E-state index in [0.717, 1.165) is 31.8 Å². The Bertz CT molecular complexity index is 443. The molecule has 0 aromatic carbocycles. The molecule has 1 aromatic rings. The number of hydrogen-bond acceptors (Lipinski definition) is 4. The maximum atomic E-state index is 6.21. The van der Waals surface area contributed by atoms with E-state index in [0.29, 0.717) is 6.04 Å². The predicted octanol–water partition coefficient (Wildman–Crippen LogP) is 2.61. The van der Waals surface area contributed by atoms with Crippen LogP contribution in [0.1, 0.15) is 44.4 Å². The van der Waals surface area contributed by atoms with Gasteiger partial charge in [-0.15, -0.1) is 0 Å². The van der Waals surface area contributed by atoms with Gasteiger partial charge in [0.2, 0.25) is 0 Å². The first kappa shape index (κ1) is 16.5. The first-order chi connectivity index (χ1) is 9.98. The highest BCUT2D eigenvalue weighted by Crippen LogP contribution is 2.29. The number of nitrogens with two attached hydrogens (primary N) is 1. The van der Waals surface area contributed by atoms with Crippen molar-refractivity contribution >= 4 is 0 Å². The highest BCUT2D eigenvalue weighted by atomic mass is 16.3. The van der Waals surface area contributed by atoms with Crippen molar-refractivity contribution in [1.82, 2.24) is 9.80 Å². The number of likely N-dealkylation sites (tertiary alicyclic amines) is 1. The quantitative estimate of drug-likeness (QED) is 0.906. The minimum atomic E-state index is 0.118. The second-order valence-electron chi connectivity index (χ2n) is 6.77. The van der Waals surface area contributed by atoms with E-state index in [-0.39, 0.29) is 5.54 Å². The fourth-order valence-electron chi connectivity index (χ4n) is 3.46. The van der Waals surface area contributed by atoms with Gasteiger partial charge in [-0.05, 0) is 59.7 Å². The lowest BCUT2D eigenvalue weighted by Crippen LogP contribution is -2.52. The summed E-state index contributed by atoms with van der Waals surface area (Å²) in [6, 6.07) is 2.70. The molecule has 1 aliphatic heterocycles. The van der Waals surface area contributed by atoms with Crippen LogP contribution in [0.2, 0.25) is 0 Å². The fourth-order valence-corrected chi connectivity index (χ4v) is 3.46. The molecule has 0 saturated carbocycles. The van der Waals surface area contributed by atoms with Crippen LogP contribution in [0.25, 0.3) is 0 Å². The minimum Gasteiger partial charge on any atom is -0.469 e. The maximum absolute atomic E-state index is 6.21. The topological polar surface area (TPSA) is 45.6 Å². The summed E-state index contributed by atoms with van der Waals surface area (Å²) in [7, 11) is 2.21. The van der Waals surface area contributed by atoms with E-state index in [1.54, 1.807) is 6.26 Å². The van der Waals surface area contributed by atoms with Crippen molar-refractivity contribution in [2.24, 2.45) is 5.73 Å². The van der Waals surface area contributed by atoms with Gasteiger partial charge in [-0.1, -0.05) is 0 Å². The number of nitrogens with zero attached hydrogens (tertiary/aromatic N) is 2. The van der Waals surface area contributed by atoms with Gasteiger partial charge in [0.15, 0.2) is 0 Å². The zero-order valence-electron chi connectivity index (χ0n) is 14.1. The lowest BCUT2D eigenvalue weighted by Gasteiger charge is -2.41. The SMILES string of the molecule is Cc1occc1CN(C)C1(CN)CCCN(C(C)C)CC1. The number of aryl methyl sites for hydroxylation is 1. The maximum Gasteiger partial charge on any atom is 0.105 e. The molecule has 1 fully saturated rings. The molecule has 1 unspecified atom stereocenters. The Hall–Kier alpha value is -0.840. The van der Waals surface area contributed by atoms with Crippen molar-refractivity contribution in [2.45, 2.75) is 58.2 Å². The summed E-state index contributed by atoms with van der Waals surface area (Å²) in [5, 5.41) is 0. The molecule has 1 atom stereocenters. The van der Waals surface area contributed by atoms with Crippen molar-refractivity contribution in [3.63, 3.8) is 0 Å². The third-order valence-corrected chi connectivity index (χ3v) is 5.25. The van der Waals surface area contributed by atoms with Gasteiger partial charge in [-0.25, -0.2) is 0 Å². The van der Waals surface area contributed by atoms with Gasteiger partial charge in [0.1, 0.15) is 5.76 Å². The number of rotatable bonds is 5. The second kappa shape index (κ2) is 6.95. The van der Waals surface area contributed by atoms with E-state index in [9.17, 15) is 0 Å². The van der Waals surface area contributed by atoms with E-state index in [4.69, 9.17) is 10.2 Å². The number of likely N-dealkylation sites (N-methyl/N-ethyl adjacent to an activating group) is 1. The van der Waals surface area contributed by atoms with Crippen LogP contribution in [0, 0.1) is 6.92 Å². The van der Waals surface area contributed by atoms with Gasteiger partial charge in [-0.2, -0.15) is 0 Å². The van der Waals surface area contributed by atoms with E-state index in [1.807, 2.05) is 6.92 Å². The smallest absolute Gasteiger partial charge is 0.105 e. The van der Waals surface area contributed by atoms with Gasteiger partial charge < -0.3 is 15.1 Å². The van der Waals surface area contributed by atoms with Crippen LogP contribution in [0.15, 0.2) is 16.7 Å². The van der Waals surface area contributed by atoms with Gasteiger partial charge in [0.05, 0.1) is 6.26 Å². The molecule has 120 valence electrons.